The molecule has 0 spiro atoms. The third-order valence-electron chi connectivity index (χ3n) is 9.47. The van der Waals surface area contributed by atoms with Crippen LogP contribution in [0.4, 0.5) is 23.7 Å². The van der Waals surface area contributed by atoms with Crippen LogP contribution in [0.1, 0.15) is 56.9 Å². The number of thiazole rings is 1. The molecule has 0 unspecified atom stereocenters. The highest BCUT2D eigenvalue weighted by Gasteiger charge is 2.62. The van der Waals surface area contributed by atoms with E-state index < -0.39 is 80.2 Å². The highest BCUT2D eigenvalue weighted by Crippen LogP contribution is 2.46. The monoisotopic (exact) mass is 751 g/mol. The molecule has 0 saturated heterocycles. The first-order valence-electron chi connectivity index (χ1n) is 16.5. The van der Waals surface area contributed by atoms with Gasteiger partial charge in [0, 0.05) is 36.7 Å². The van der Waals surface area contributed by atoms with Gasteiger partial charge in [0.1, 0.15) is 16.7 Å². The van der Waals surface area contributed by atoms with Crippen molar-refractivity contribution in [3.05, 3.63) is 60.6 Å². The van der Waals surface area contributed by atoms with Crippen LogP contribution >= 0.6 is 11.3 Å². The first kappa shape index (κ1) is 38.0. The summed E-state index contributed by atoms with van der Waals surface area (Å²) in [4.78, 5) is 59.7. The fraction of sp³-hybridized carbons (Fsp3) is 0.500. The van der Waals surface area contributed by atoms with Gasteiger partial charge in [-0.25, -0.2) is 18.2 Å². The maximum atomic E-state index is 13.9. The maximum Gasteiger partial charge on any atom is 0.416 e. The zero-order valence-corrected chi connectivity index (χ0v) is 29.5. The van der Waals surface area contributed by atoms with E-state index in [1.54, 1.807) is 18.5 Å². The average Bonchev–Trinajstić information content (AvgIpc) is 3.95. The van der Waals surface area contributed by atoms with Gasteiger partial charge in [0.25, 0.3) is 5.91 Å². The van der Waals surface area contributed by atoms with Gasteiger partial charge in [-0.15, -0.1) is 24.5 Å². The normalized spacial score (nSPS) is 24.2. The second-order valence-corrected chi connectivity index (χ2v) is 16.0. The summed E-state index contributed by atoms with van der Waals surface area (Å²) in [6.07, 6.45) is 0.812. The van der Waals surface area contributed by atoms with E-state index in [0.29, 0.717) is 30.8 Å². The second kappa shape index (κ2) is 15.2. The molecule has 0 aliphatic heterocycles. The molecule has 3 N–H and O–H groups in total. The number of allylic oxidation sites excluding steroid dienone is 1. The molecule has 3 aliphatic carbocycles. The predicted molar refractivity (Wildman–Crippen MR) is 184 cm³/mol. The van der Waals surface area contributed by atoms with Crippen LogP contribution in [0.3, 0.4) is 0 Å². The Morgan fingerprint density at radius 3 is 2.47 bits per heavy atom. The highest BCUT2D eigenvalue weighted by molar-refractivity contribution is 7.91. The number of ether oxygens (including phenoxy) is 1. The number of anilines is 1. The molecule has 3 saturated carbocycles. The first-order valence-corrected chi connectivity index (χ1v) is 19.0. The van der Waals surface area contributed by atoms with Gasteiger partial charge in [0.2, 0.25) is 21.8 Å². The Morgan fingerprint density at radius 1 is 1.14 bits per heavy atom. The van der Waals surface area contributed by atoms with E-state index in [0.717, 1.165) is 36.3 Å². The second-order valence-electron chi connectivity index (χ2n) is 13.2. The predicted octanol–water partition coefficient (Wildman–Crippen LogP) is 5.26. The van der Waals surface area contributed by atoms with E-state index in [2.05, 4.69) is 33.5 Å². The van der Waals surface area contributed by atoms with Gasteiger partial charge in [0.15, 0.2) is 0 Å². The van der Waals surface area contributed by atoms with Crippen molar-refractivity contribution in [1.29, 1.82) is 0 Å². The van der Waals surface area contributed by atoms with E-state index in [4.69, 9.17) is 4.74 Å². The van der Waals surface area contributed by atoms with Gasteiger partial charge >= 0.3 is 12.3 Å². The molecular formula is C34H40F3N5O7S2. The number of aromatic nitrogens is 1. The number of nitrogens with one attached hydrogen (secondary N) is 3. The van der Waals surface area contributed by atoms with E-state index in [1.165, 1.54) is 23.2 Å². The Kier molecular flexibility index (Phi) is 11.3. The van der Waals surface area contributed by atoms with Gasteiger partial charge < -0.3 is 15.0 Å². The molecule has 0 bridgehead atoms. The molecule has 0 radical (unpaired) electrons. The third-order valence-corrected chi connectivity index (χ3v) is 12.1. The third kappa shape index (κ3) is 8.80. The van der Waals surface area contributed by atoms with Gasteiger partial charge in [-0.1, -0.05) is 12.2 Å². The molecule has 1 heterocycles. The number of sulfonamides is 1. The summed E-state index contributed by atoms with van der Waals surface area (Å²) in [5.74, 6) is -4.61. The number of amides is 4. The quantitative estimate of drug-likeness (QED) is 0.164. The standard InChI is InChI=1S/C34H40F3N5O7S2/c1-4-6-7-8-14-42(3)30(44)26-18-22(49-32(46)39-27-16-21(34(35,36)37)9-12-24(27)29-38-13-15-50-29)17-25(26)28(43)40-33(19-20(33)5-2)31(45)41-51(47,48)23-10-11-23/h4-5,9,12-13,15-16,20,22-23,25-26H,1-2,6-8,10-11,14,17-19H2,3H3,(H,39,46)(H,40,43)(H,41,45)/t20-,22-,25-,26-,33-/m1/s1. The molecule has 5 atom stereocenters. The minimum atomic E-state index is -4.69. The fourth-order valence-corrected chi connectivity index (χ4v) is 8.41. The van der Waals surface area contributed by atoms with Crippen molar-refractivity contribution in [2.75, 3.05) is 18.9 Å². The number of hydrogen-bond acceptors (Lipinski definition) is 9. The maximum absolute atomic E-state index is 13.9. The number of nitrogens with zero attached hydrogens (tertiary/aromatic N) is 2. The van der Waals surface area contributed by atoms with Gasteiger partial charge in [-0.05, 0) is 69.6 Å². The van der Waals surface area contributed by atoms with E-state index in [-0.39, 0.29) is 30.5 Å². The van der Waals surface area contributed by atoms with Gasteiger partial charge in [-0.3, -0.25) is 24.4 Å². The zero-order valence-electron chi connectivity index (χ0n) is 27.9. The molecule has 5 rings (SSSR count). The average molecular weight is 752 g/mol. The minimum Gasteiger partial charge on any atom is -0.446 e. The fourth-order valence-electron chi connectivity index (χ4n) is 6.37. The summed E-state index contributed by atoms with van der Waals surface area (Å²) in [5, 5.41) is 6.39. The van der Waals surface area contributed by atoms with Crippen LogP contribution in [0.2, 0.25) is 0 Å². The lowest BCUT2D eigenvalue weighted by Crippen LogP contribution is -2.54. The van der Waals surface area contributed by atoms with Crippen LogP contribution in [0.5, 0.6) is 0 Å². The highest BCUT2D eigenvalue weighted by atomic mass is 32.2. The summed E-state index contributed by atoms with van der Waals surface area (Å²) < 4.78 is 73.5. The lowest BCUT2D eigenvalue weighted by molar-refractivity contribution is -0.140. The Morgan fingerprint density at radius 2 is 1.86 bits per heavy atom. The lowest BCUT2D eigenvalue weighted by atomic mass is 9.93. The number of unbranched alkanes of at least 4 members (excludes halogenated alkanes) is 2. The van der Waals surface area contributed by atoms with Crippen LogP contribution in [0.25, 0.3) is 10.6 Å². The molecule has 4 amide bonds. The molecule has 17 heteroatoms. The van der Waals surface area contributed by atoms with Crippen LogP contribution in [-0.2, 0) is 35.3 Å². The number of benzene rings is 1. The Labute approximate surface area is 298 Å². The number of rotatable bonds is 15. The van der Waals surface area contributed by atoms with Crippen molar-refractivity contribution in [3.63, 3.8) is 0 Å². The Hall–Kier alpha value is -4.25. The zero-order chi connectivity index (χ0) is 37.1. The molecule has 12 nitrogen and oxygen atoms in total. The van der Waals surface area contributed by atoms with Crippen molar-refractivity contribution in [2.45, 2.75) is 74.4 Å². The Balaban J connectivity index is 1.34. The summed E-state index contributed by atoms with van der Waals surface area (Å²) in [5.41, 5.74) is -2.55. The topological polar surface area (TPSA) is 164 Å². The molecule has 3 aliphatic rings. The molecule has 51 heavy (non-hydrogen) atoms. The van der Waals surface area contributed by atoms with Crippen LogP contribution in [0, 0.1) is 17.8 Å². The van der Waals surface area contributed by atoms with E-state index in [1.807, 2.05) is 0 Å². The number of carbonyl (C=O) groups is 4. The minimum absolute atomic E-state index is 0.0800. The summed E-state index contributed by atoms with van der Waals surface area (Å²) in [7, 11) is -2.33. The summed E-state index contributed by atoms with van der Waals surface area (Å²) in [6, 6.07) is 2.85. The number of hydrogen-bond donors (Lipinski definition) is 3. The van der Waals surface area contributed by atoms with Gasteiger partial charge in [0.05, 0.1) is 28.3 Å². The van der Waals surface area contributed by atoms with Crippen molar-refractivity contribution in [2.24, 2.45) is 17.8 Å². The van der Waals surface area contributed by atoms with Crippen LogP contribution in [0.15, 0.2) is 55.1 Å². The van der Waals surface area contributed by atoms with E-state index in [9.17, 15) is 40.8 Å². The number of alkyl halides is 3. The van der Waals surface area contributed by atoms with Gasteiger partial charge in [-0.2, -0.15) is 13.2 Å². The number of carbonyl (C=O) groups excluding carboxylic acids is 4. The SMILES string of the molecule is C=CCCCCN(C)C(=O)[C@@H]1C[C@H](OC(=O)Nc2cc(C(F)(F)F)ccc2-c2nccs2)C[C@H]1C(=O)N[C@]1(C(=O)NS(=O)(=O)C2CC2)C[C@H]1C=C. The van der Waals surface area contributed by atoms with Crippen molar-refractivity contribution >= 4 is 50.9 Å². The van der Waals surface area contributed by atoms with Crippen LogP contribution < -0.4 is 15.4 Å². The Bertz CT molecular complexity index is 1780. The molecule has 1 aromatic heterocycles. The van der Waals surface area contributed by atoms with E-state index >= 15 is 0 Å². The molecule has 276 valence electrons. The smallest absolute Gasteiger partial charge is 0.416 e. The summed E-state index contributed by atoms with van der Waals surface area (Å²) >= 11 is 1.16. The van der Waals surface area contributed by atoms with Crippen molar-refractivity contribution in [3.8, 4) is 10.6 Å². The first-order chi connectivity index (χ1) is 24.1. The molecule has 2 aromatic rings. The van der Waals surface area contributed by atoms with Crippen molar-refractivity contribution in [1.82, 2.24) is 19.9 Å². The lowest BCUT2D eigenvalue weighted by Gasteiger charge is -2.26. The summed E-state index contributed by atoms with van der Waals surface area (Å²) in [6.45, 7) is 7.77. The molecular weight excluding hydrogens is 712 g/mol. The largest absolute Gasteiger partial charge is 0.446 e. The number of halogens is 3. The molecule has 1 aromatic carbocycles. The van der Waals surface area contributed by atoms with Crippen molar-refractivity contribution < 1.29 is 45.5 Å². The van der Waals surface area contributed by atoms with Crippen LogP contribution in [-0.4, -0.2) is 72.6 Å². The molecule has 3 fully saturated rings.